The van der Waals surface area contributed by atoms with Gasteiger partial charge >= 0.3 is 0 Å². The minimum Gasteiger partial charge on any atom is -0.393 e. The quantitative estimate of drug-likeness (QED) is 0.883. The van der Waals surface area contributed by atoms with Gasteiger partial charge in [0.15, 0.2) is 0 Å². The van der Waals surface area contributed by atoms with Crippen LogP contribution in [0.25, 0.3) is 5.69 Å². The SMILES string of the molecule is OC1CCC(Nc2ccccc2-n2ccnn2)CC1. The molecule has 1 aliphatic carbocycles. The number of aliphatic hydroxyl groups excluding tert-OH is 1. The molecule has 0 bridgehead atoms. The highest BCUT2D eigenvalue weighted by atomic mass is 16.3. The summed E-state index contributed by atoms with van der Waals surface area (Å²) in [6.45, 7) is 0. The number of nitrogens with one attached hydrogen (secondary N) is 1. The number of aromatic nitrogens is 3. The van der Waals surface area contributed by atoms with E-state index in [1.54, 1.807) is 10.9 Å². The van der Waals surface area contributed by atoms with E-state index in [2.05, 4.69) is 21.7 Å². The van der Waals surface area contributed by atoms with Gasteiger partial charge in [-0.15, -0.1) is 5.10 Å². The average Bonchev–Trinajstić information content (AvgIpc) is 2.96. The fourth-order valence-corrected chi connectivity index (χ4v) is 2.57. The highest BCUT2D eigenvalue weighted by Crippen LogP contribution is 2.25. The number of nitrogens with zero attached hydrogens (tertiary/aromatic N) is 3. The van der Waals surface area contributed by atoms with Gasteiger partial charge in [0.2, 0.25) is 0 Å². The molecule has 0 unspecified atom stereocenters. The van der Waals surface area contributed by atoms with Gasteiger partial charge in [-0.2, -0.15) is 0 Å². The van der Waals surface area contributed by atoms with Crippen molar-refractivity contribution in [1.29, 1.82) is 0 Å². The molecule has 0 amide bonds. The largest absolute Gasteiger partial charge is 0.393 e. The smallest absolute Gasteiger partial charge is 0.0894 e. The van der Waals surface area contributed by atoms with Crippen LogP contribution in [0.4, 0.5) is 5.69 Å². The summed E-state index contributed by atoms with van der Waals surface area (Å²) in [5, 5.41) is 21.0. The topological polar surface area (TPSA) is 63.0 Å². The molecule has 100 valence electrons. The maximum atomic E-state index is 9.55. The molecule has 1 fully saturated rings. The van der Waals surface area contributed by atoms with Crippen molar-refractivity contribution in [3.63, 3.8) is 0 Å². The summed E-state index contributed by atoms with van der Waals surface area (Å²) in [6.07, 6.45) is 7.16. The van der Waals surface area contributed by atoms with Crippen molar-refractivity contribution in [3.05, 3.63) is 36.7 Å². The van der Waals surface area contributed by atoms with E-state index in [1.807, 2.05) is 24.4 Å². The summed E-state index contributed by atoms with van der Waals surface area (Å²) < 4.78 is 1.76. The number of hydrogen-bond acceptors (Lipinski definition) is 4. The third-order valence-corrected chi connectivity index (χ3v) is 3.63. The van der Waals surface area contributed by atoms with Crippen LogP contribution < -0.4 is 5.32 Å². The second-order valence-corrected chi connectivity index (χ2v) is 5.01. The van der Waals surface area contributed by atoms with E-state index in [-0.39, 0.29) is 6.10 Å². The molecule has 1 aliphatic rings. The van der Waals surface area contributed by atoms with Crippen molar-refractivity contribution in [2.75, 3.05) is 5.32 Å². The second-order valence-electron chi connectivity index (χ2n) is 5.01. The molecule has 5 heteroatoms. The molecule has 5 nitrogen and oxygen atoms in total. The van der Waals surface area contributed by atoms with Crippen LogP contribution in [0.2, 0.25) is 0 Å². The maximum absolute atomic E-state index is 9.55. The minimum atomic E-state index is -0.122. The molecule has 0 aliphatic heterocycles. The molecule has 1 aromatic carbocycles. The summed E-state index contributed by atoms with van der Waals surface area (Å²) in [5.41, 5.74) is 2.07. The monoisotopic (exact) mass is 258 g/mol. The molecule has 0 saturated heterocycles. The fraction of sp³-hybridized carbons (Fsp3) is 0.429. The Morgan fingerprint density at radius 3 is 2.68 bits per heavy atom. The van der Waals surface area contributed by atoms with Crippen molar-refractivity contribution >= 4 is 5.69 Å². The zero-order valence-corrected chi connectivity index (χ0v) is 10.7. The van der Waals surface area contributed by atoms with Crippen LogP contribution in [0.1, 0.15) is 25.7 Å². The van der Waals surface area contributed by atoms with E-state index in [0.717, 1.165) is 37.1 Å². The summed E-state index contributed by atoms with van der Waals surface area (Å²) >= 11 is 0. The molecule has 0 atom stereocenters. The summed E-state index contributed by atoms with van der Waals surface area (Å²) in [5.74, 6) is 0. The second kappa shape index (κ2) is 5.40. The first-order chi connectivity index (χ1) is 9.33. The van der Waals surface area contributed by atoms with Crippen LogP contribution in [0.3, 0.4) is 0 Å². The summed E-state index contributed by atoms with van der Waals surface area (Å²) in [4.78, 5) is 0. The first-order valence-electron chi connectivity index (χ1n) is 6.73. The van der Waals surface area contributed by atoms with Crippen molar-refractivity contribution in [2.24, 2.45) is 0 Å². The summed E-state index contributed by atoms with van der Waals surface area (Å²) in [7, 11) is 0. The lowest BCUT2D eigenvalue weighted by atomic mass is 9.93. The first-order valence-corrected chi connectivity index (χ1v) is 6.73. The Morgan fingerprint density at radius 1 is 1.16 bits per heavy atom. The molecule has 0 radical (unpaired) electrons. The Balaban J connectivity index is 1.78. The number of anilines is 1. The zero-order valence-electron chi connectivity index (χ0n) is 10.7. The van der Waals surface area contributed by atoms with Crippen molar-refractivity contribution in [1.82, 2.24) is 15.0 Å². The number of rotatable bonds is 3. The fourth-order valence-electron chi connectivity index (χ4n) is 2.57. The van der Waals surface area contributed by atoms with Crippen molar-refractivity contribution < 1.29 is 5.11 Å². The normalized spacial score (nSPS) is 23.2. The first kappa shape index (κ1) is 12.2. The van der Waals surface area contributed by atoms with Gasteiger partial charge in [-0.3, -0.25) is 0 Å². The van der Waals surface area contributed by atoms with E-state index in [9.17, 15) is 5.11 Å². The van der Waals surface area contributed by atoms with Gasteiger partial charge in [-0.1, -0.05) is 17.3 Å². The third kappa shape index (κ3) is 2.76. The lowest BCUT2D eigenvalue weighted by molar-refractivity contribution is 0.126. The van der Waals surface area contributed by atoms with E-state index >= 15 is 0 Å². The zero-order chi connectivity index (χ0) is 13.1. The van der Waals surface area contributed by atoms with Crippen LogP contribution in [-0.2, 0) is 0 Å². The highest BCUT2D eigenvalue weighted by molar-refractivity contribution is 5.60. The molecule has 0 spiro atoms. The highest BCUT2D eigenvalue weighted by Gasteiger charge is 2.19. The lowest BCUT2D eigenvalue weighted by Gasteiger charge is -2.27. The van der Waals surface area contributed by atoms with E-state index < -0.39 is 0 Å². The maximum Gasteiger partial charge on any atom is 0.0894 e. The Bertz CT molecular complexity index is 518. The molecule has 1 aromatic heterocycles. The van der Waals surface area contributed by atoms with E-state index in [1.165, 1.54) is 0 Å². The van der Waals surface area contributed by atoms with E-state index in [4.69, 9.17) is 0 Å². The predicted octanol–water partition coefficient (Wildman–Crippen LogP) is 1.98. The van der Waals surface area contributed by atoms with Crippen LogP contribution in [-0.4, -0.2) is 32.2 Å². The average molecular weight is 258 g/mol. The van der Waals surface area contributed by atoms with Gasteiger partial charge < -0.3 is 10.4 Å². The molecular weight excluding hydrogens is 240 g/mol. The minimum absolute atomic E-state index is 0.122. The number of benzene rings is 1. The van der Waals surface area contributed by atoms with Gasteiger partial charge in [-0.05, 0) is 37.8 Å². The van der Waals surface area contributed by atoms with Gasteiger partial charge in [0, 0.05) is 6.04 Å². The molecule has 1 heterocycles. The molecule has 2 N–H and O–H groups in total. The number of aliphatic hydroxyl groups is 1. The molecule has 1 saturated carbocycles. The van der Waals surface area contributed by atoms with Crippen LogP contribution in [0.15, 0.2) is 36.7 Å². The van der Waals surface area contributed by atoms with Crippen LogP contribution >= 0.6 is 0 Å². The molecule has 19 heavy (non-hydrogen) atoms. The Labute approximate surface area is 112 Å². The number of hydrogen-bond donors (Lipinski definition) is 2. The van der Waals surface area contributed by atoms with Crippen molar-refractivity contribution in [3.8, 4) is 5.69 Å². The van der Waals surface area contributed by atoms with Gasteiger partial charge in [0.1, 0.15) is 0 Å². The Kier molecular flexibility index (Phi) is 3.46. The molecule has 3 rings (SSSR count). The third-order valence-electron chi connectivity index (χ3n) is 3.63. The van der Waals surface area contributed by atoms with E-state index in [0.29, 0.717) is 6.04 Å². The van der Waals surface area contributed by atoms with Gasteiger partial charge in [0.05, 0.1) is 29.9 Å². The van der Waals surface area contributed by atoms with Gasteiger partial charge in [-0.25, -0.2) is 4.68 Å². The van der Waals surface area contributed by atoms with Crippen molar-refractivity contribution in [2.45, 2.75) is 37.8 Å². The van der Waals surface area contributed by atoms with Crippen LogP contribution in [0, 0.1) is 0 Å². The molecular formula is C14H18N4O. The lowest BCUT2D eigenvalue weighted by Crippen LogP contribution is -2.28. The summed E-state index contributed by atoms with van der Waals surface area (Å²) in [6, 6.07) is 8.51. The predicted molar refractivity (Wildman–Crippen MR) is 73.2 cm³/mol. The van der Waals surface area contributed by atoms with Gasteiger partial charge in [0.25, 0.3) is 0 Å². The number of para-hydroxylation sites is 2. The standard InChI is InChI=1S/C14H18N4O/c19-12-7-5-11(6-8-12)16-13-3-1-2-4-14(13)18-10-9-15-17-18/h1-4,9-12,16,19H,5-8H2. The van der Waals surface area contributed by atoms with Crippen LogP contribution in [0.5, 0.6) is 0 Å². The Hall–Kier alpha value is -1.88. The Morgan fingerprint density at radius 2 is 1.95 bits per heavy atom. The molecule has 2 aromatic rings.